The molecule has 0 amide bonds. The standard InChI is InChI=1S/C18H15NO4/c1-11-4-3-5-13(8-11)17-19-14(18(21)23-17)9-12-6-7-16(22-2)15(20)10-12/h3-10,20H,1-2H3/b14-9+. The fraction of sp³-hybridized carbons (Fsp3) is 0.111. The molecular formula is C18H15NO4. The Hall–Kier alpha value is -3.08. The van der Waals surface area contributed by atoms with Gasteiger partial charge in [0.15, 0.2) is 17.2 Å². The fourth-order valence-corrected chi connectivity index (χ4v) is 2.27. The summed E-state index contributed by atoms with van der Waals surface area (Å²) in [6.07, 6.45) is 1.56. The molecular weight excluding hydrogens is 294 g/mol. The third-order valence-electron chi connectivity index (χ3n) is 3.39. The first kappa shape index (κ1) is 14.8. The van der Waals surface area contributed by atoms with Crippen molar-refractivity contribution in [1.29, 1.82) is 0 Å². The molecule has 0 radical (unpaired) electrons. The molecule has 2 aromatic rings. The minimum absolute atomic E-state index is 0.00361. The van der Waals surface area contributed by atoms with Crippen molar-refractivity contribution in [2.75, 3.05) is 7.11 Å². The Morgan fingerprint density at radius 2 is 2.04 bits per heavy atom. The van der Waals surface area contributed by atoms with Crippen LogP contribution in [0.3, 0.4) is 0 Å². The van der Waals surface area contributed by atoms with Crippen molar-refractivity contribution in [2.24, 2.45) is 4.99 Å². The first-order valence-corrected chi connectivity index (χ1v) is 7.03. The Bertz CT molecular complexity index is 837. The molecule has 5 heteroatoms. The second kappa shape index (κ2) is 5.96. The van der Waals surface area contributed by atoms with E-state index in [4.69, 9.17) is 9.47 Å². The maximum Gasteiger partial charge on any atom is 0.363 e. The van der Waals surface area contributed by atoms with Crippen LogP contribution in [0.1, 0.15) is 16.7 Å². The first-order chi connectivity index (χ1) is 11.1. The third kappa shape index (κ3) is 3.08. The lowest BCUT2D eigenvalue weighted by Gasteiger charge is -2.03. The van der Waals surface area contributed by atoms with Crippen molar-refractivity contribution in [3.05, 3.63) is 64.9 Å². The van der Waals surface area contributed by atoms with Crippen molar-refractivity contribution in [3.63, 3.8) is 0 Å². The number of hydrogen-bond acceptors (Lipinski definition) is 5. The van der Waals surface area contributed by atoms with Gasteiger partial charge in [0.25, 0.3) is 0 Å². The molecule has 5 nitrogen and oxygen atoms in total. The van der Waals surface area contributed by atoms with Gasteiger partial charge in [0.05, 0.1) is 7.11 Å². The number of carbonyl (C=O) groups is 1. The van der Waals surface area contributed by atoms with Gasteiger partial charge < -0.3 is 14.6 Å². The summed E-state index contributed by atoms with van der Waals surface area (Å²) < 4.78 is 10.2. The van der Waals surface area contributed by atoms with Crippen molar-refractivity contribution in [3.8, 4) is 11.5 Å². The molecule has 2 aromatic carbocycles. The maximum atomic E-state index is 12.0. The molecule has 0 saturated heterocycles. The Morgan fingerprint density at radius 3 is 2.74 bits per heavy atom. The molecule has 3 rings (SSSR count). The normalized spacial score (nSPS) is 15.5. The number of phenols is 1. The number of cyclic esters (lactones) is 1. The van der Waals surface area contributed by atoms with Crippen molar-refractivity contribution in [2.45, 2.75) is 6.92 Å². The van der Waals surface area contributed by atoms with Crippen LogP contribution in [-0.2, 0) is 9.53 Å². The number of aryl methyl sites for hydroxylation is 1. The number of nitrogens with zero attached hydrogens (tertiary/aromatic N) is 1. The number of benzene rings is 2. The number of carbonyl (C=O) groups excluding carboxylic acids is 1. The van der Waals surface area contributed by atoms with Crippen LogP contribution in [0.2, 0.25) is 0 Å². The highest BCUT2D eigenvalue weighted by Gasteiger charge is 2.24. The summed E-state index contributed by atoms with van der Waals surface area (Å²) in [6.45, 7) is 1.96. The minimum atomic E-state index is -0.517. The number of aliphatic imine (C=N–C) groups is 1. The van der Waals surface area contributed by atoms with Gasteiger partial charge in [-0.1, -0.05) is 23.8 Å². The van der Waals surface area contributed by atoms with E-state index >= 15 is 0 Å². The van der Waals surface area contributed by atoms with E-state index in [-0.39, 0.29) is 17.3 Å². The number of methoxy groups -OCH3 is 1. The molecule has 0 fully saturated rings. The van der Waals surface area contributed by atoms with E-state index in [1.807, 2.05) is 31.2 Å². The summed E-state index contributed by atoms with van der Waals surface area (Å²) in [4.78, 5) is 16.2. The van der Waals surface area contributed by atoms with Gasteiger partial charge in [-0.15, -0.1) is 0 Å². The third-order valence-corrected chi connectivity index (χ3v) is 3.39. The first-order valence-electron chi connectivity index (χ1n) is 7.03. The average Bonchev–Trinajstić information content (AvgIpc) is 2.89. The van der Waals surface area contributed by atoms with E-state index in [1.165, 1.54) is 13.2 Å². The van der Waals surface area contributed by atoms with E-state index in [2.05, 4.69) is 4.99 Å². The zero-order chi connectivity index (χ0) is 16.4. The Labute approximate surface area is 133 Å². The van der Waals surface area contributed by atoms with E-state index < -0.39 is 5.97 Å². The molecule has 23 heavy (non-hydrogen) atoms. The quantitative estimate of drug-likeness (QED) is 0.699. The van der Waals surface area contributed by atoms with Crippen LogP contribution in [0.5, 0.6) is 11.5 Å². The van der Waals surface area contributed by atoms with Gasteiger partial charge in [-0.05, 0) is 42.8 Å². The van der Waals surface area contributed by atoms with Crippen LogP contribution >= 0.6 is 0 Å². The molecule has 0 aliphatic carbocycles. The van der Waals surface area contributed by atoms with Gasteiger partial charge in [0.2, 0.25) is 5.90 Å². The zero-order valence-electron chi connectivity index (χ0n) is 12.7. The summed E-state index contributed by atoms with van der Waals surface area (Å²) in [7, 11) is 1.47. The summed E-state index contributed by atoms with van der Waals surface area (Å²) >= 11 is 0. The Balaban J connectivity index is 1.93. The predicted molar refractivity (Wildman–Crippen MR) is 86.4 cm³/mol. The van der Waals surface area contributed by atoms with Crippen molar-refractivity contribution < 1.29 is 19.4 Å². The number of phenolic OH excluding ortho intramolecular Hbond substituents is 1. The van der Waals surface area contributed by atoms with Crippen LogP contribution in [-0.4, -0.2) is 24.1 Å². The van der Waals surface area contributed by atoms with Crippen molar-refractivity contribution in [1.82, 2.24) is 0 Å². The fourth-order valence-electron chi connectivity index (χ4n) is 2.27. The van der Waals surface area contributed by atoms with Crippen molar-refractivity contribution >= 4 is 17.9 Å². The average molecular weight is 309 g/mol. The molecule has 1 aliphatic heterocycles. The second-order valence-electron chi connectivity index (χ2n) is 5.14. The molecule has 1 aliphatic rings. The van der Waals surface area contributed by atoms with E-state index in [1.54, 1.807) is 18.2 Å². The highest BCUT2D eigenvalue weighted by Crippen LogP contribution is 2.28. The molecule has 0 saturated carbocycles. The minimum Gasteiger partial charge on any atom is -0.504 e. The number of esters is 1. The highest BCUT2D eigenvalue weighted by molar-refractivity contribution is 6.12. The molecule has 0 aromatic heterocycles. The van der Waals surface area contributed by atoms with Crippen LogP contribution < -0.4 is 4.74 Å². The number of hydrogen-bond donors (Lipinski definition) is 1. The van der Waals surface area contributed by atoms with Gasteiger partial charge in [-0.3, -0.25) is 0 Å². The van der Waals surface area contributed by atoms with Gasteiger partial charge in [-0.25, -0.2) is 9.79 Å². The number of ether oxygens (including phenoxy) is 2. The molecule has 0 bridgehead atoms. The summed E-state index contributed by atoms with van der Waals surface area (Å²) in [5, 5.41) is 9.79. The SMILES string of the molecule is COc1ccc(/C=C2/N=C(c3cccc(C)c3)OC2=O)cc1O. The summed E-state index contributed by atoms with van der Waals surface area (Å²) in [6, 6.07) is 12.4. The lowest BCUT2D eigenvalue weighted by molar-refractivity contribution is -0.129. The summed E-state index contributed by atoms with van der Waals surface area (Å²) in [5.41, 5.74) is 2.62. The second-order valence-corrected chi connectivity index (χ2v) is 5.14. The number of aromatic hydroxyl groups is 1. The molecule has 1 N–H and O–H groups in total. The zero-order valence-corrected chi connectivity index (χ0v) is 12.7. The van der Waals surface area contributed by atoms with Gasteiger partial charge >= 0.3 is 5.97 Å². The van der Waals surface area contributed by atoms with Crippen LogP contribution in [0.4, 0.5) is 0 Å². The molecule has 0 spiro atoms. The van der Waals surface area contributed by atoms with Gasteiger partial charge in [0, 0.05) is 5.56 Å². The van der Waals surface area contributed by atoms with Crippen LogP contribution in [0.25, 0.3) is 6.08 Å². The summed E-state index contributed by atoms with van der Waals surface area (Å²) in [5.74, 6) is 0.126. The highest BCUT2D eigenvalue weighted by atomic mass is 16.6. The maximum absolute atomic E-state index is 12.0. The van der Waals surface area contributed by atoms with Crippen LogP contribution in [0.15, 0.2) is 53.2 Å². The smallest absolute Gasteiger partial charge is 0.363 e. The predicted octanol–water partition coefficient (Wildman–Crippen LogP) is 3.05. The lowest BCUT2D eigenvalue weighted by atomic mass is 10.1. The topological polar surface area (TPSA) is 68.1 Å². The largest absolute Gasteiger partial charge is 0.504 e. The van der Waals surface area contributed by atoms with Gasteiger partial charge in [0.1, 0.15) is 0 Å². The molecule has 0 atom stereocenters. The molecule has 1 heterocycles. The lowest BCUT2D eigenvalue weighted by Crippen LogP contribution is -2.05. The van der Waals surface area contributed by atoms with Crippen LogP contribution in [0, 0.1) is 6.92 Å². The van der Waals surface area contributed by atoms with E-state index in [0.29, 0.717) is 11.3 Å². The van der Waals surface area contributed by atoms with Gasteiger partial charge in [-0.2, -0.15) is 0 Å². The monoisotopic (exact) mass is 309 g/mol. The Kier molecular flexibility index (Phi) is 3.85. The molecule has 0 unspecified atom stereocenters. The molecule has 116 valence electrons. The number of rotatable bonds is 3. The van der Waals surface area contributed by atoms with E-state index in [0.717, 1.165) is 11.1 Å². The Morgan fingerprint density at radius 1 is 1.22 bits per heavy atom. The van der Waals surface area contributed by atoms with E-state index in [9.17, 15) is 9.90 Å².